The highest BCUT2D eigenvalue weighted by Gasteiger charge is 2.29. The fraction of sp³-hybridized carbons (Fsp3) is 0.267. The molecule has 0 aromatic heterocycles. The van der Waals surface area contributed by atoms with Crippen LogP contribution in [0.25, 0.3) is 17.2 Å². The van der Waals surface area contributed by atoms with E-state index in [1.54, 1.807) is 24.3 Å². The van der Waals surface area contributed by atoms with Gasteiger partial charge in [0.15, 0.2) is 0 Å². The first-order valence-corrected chi connectivity index (χ1v) is 12.0. The molecule has 5 rings (SSSR count). The van der Waals surface area contributed by atoms with Crippen LogP contribution in [0.2, 0.25) is 0 Å². The summed E-state index contributed by atoms with van der Waals surface area (Å²) in [6.07, 6.45) is 5.41. The van der Waals surface area contributed by atoms with Crippen molar-refractivity contribution in [3.8, 4) is 17.2 Å². The van der Waals surface area contributed by atoms with Gasteiger partial charge in [0.25, 0.3) is 0 Å². The van der Waals surface area contributed by atoms with Crippen LogP contribution in [0, 0.1) is 5.92 Å². The molecule has 3 aromatic rings. The number of phenolic OH excluding ortho intramolecular Hbond substituents is 2. The number of nitrogens with zero attached hydrogens (tertiary/aromatic N) is 1. The van der Waals surface area contributed by atoms with Crippen LogP contribution in [0.5, 0.6) is 17.2 Å². The maximum absolute atomic E-state index is 10.1. The van der Waals surface area contributed by atoms with E-state index in [2.05, 4.69) is 48.2 Å². The van der Waals surface area contributed by atoms with Gasteiger partial charge in [-0.25, -0.2) is 0 Å². The molecular formula is C30H31NO3. The molecule has 34 heavy (non-hydrogen) atoms. The Hall–Kier alpha value is -3.50. The van der Waals surface area contributed by atoms with E-state index in [-0.39, 0.29) is 17.6 Å². The van der Waals surface area contributed by atoms with Gasteiger partial charge in [-0.05, 0) is 78.4 Å². The van der Waals surface area contributed by atoms with Crippen LogP contribution < -0.4 is 4.74 Å². The Bertz CT molecular complexity index is 1240. The molecule has 1 saturated heterocycles. The van der Waals surface area contributed by atoms with Gasteiger partial charge in [0.1, 0.15) is 23.4 Å². The Morgan fingerprint density at radius 3 is 2.53 bits per heavy atom. The van der Waals surface area contributed by atoms with E-state index in [9.17, 15) is 10.2 Å². The molecule has 0 aliphatic carbocycles. The predicted octanol–water partition coefficient (Wildman–Crippen LogP) is 6.52. The Kier molecular flexibility index (Phi) is 6.16. The number of hydrogen-bond acceptors (Lipinski definition) is 4. The highest BCUT2D eigenvalue weighted by atomic mass is 16.5. The molecule has 0 spiro atoms. The number of benzene rings is 3. The van der Waals surface area contributed by atoms with E-state index in [0.717, 1.165) is 51.6 Å². The minimum atomic E-state index is -0.317. The third-order valence-corrected chi connectivity index (χ3v) is 6.86. The zero-order valence-corrected chi connectivity index (χ0v) is 19.7. The first-order chi connectivity index (χ1) is 16.5. The molecule has 174 valence electrons. The molecule has 4 heteroatoms. The van der Waals surface area contributed by atoms with E-state index in [4.69, 9.17) is 4.74 Å². The largest absolute Gasteiger partial charge is 0.508 e. The van der Waals surface area contributed by atoms with E-state index >= 15 is 0 Å². The summed E-state index contributed by atoms with van der Waals surface area (Å²) >= 11 is 0. The minimum absolute atomic E-state index is 0.204. The van der Waals surface area contributed by atoms with Crippen molar-refractivity contribution in [3.05, 3.63) is 95.1 Å². The lowest BCUT2D eigenvalue weighted by atomic mass is 9.86. The SMILES string of the molecule is CC1=C(c2cccc(O)c2)C(c2ccc(C=CCN3CC[C@@H](C)C3)cc2)Oc2ccc(O)cc21. The van der Waals surface area contributed by atoms with Gasteiger partial charge in [0, 0.05) is 24.2 Å². The van der Waals surface area contributed by atoms with Gasteiger partial charge >= 0.3 is 0 Å². The maximum atomic E-state index is 10.1. The molecule has 2 atom stereocenters. The van der Waals surface area contributed by atoms with Crippen molar-refractivity contribution < 1.29 is 14.9 Å². The number of phenols is 2. The summed E-state index contributed by atoms with van der Waals surface area (Å²) < 4.78 is 6.47. The summed E-state index contributed by atoms with van der Waals surface area (Å²) in [4.78, 5) is 2.50. The normalized spacial score (nSPS) is 20.5. The average molecular weight is 454 g/mol. The van der Waals surface area contributed by atoms with Crippen LogP contribution in [0.4, 0.5) is 0 Å². The molecule has 2 aliphatic heterocycles. The summed E-state index contributed by atoms with van der Waals surface area (Å²) in [6.45, 7) is 7.73. The molecule has 1 unspecified atom stereocenters. The zero-order valence-electron chi connectivity index (χ0n) is 19.7. The highest BCUT2D eigenvalue weighted by Crippen LogP contribution is 2.47. The van der Waals surface area contributed by atoms with E-state index in [0.29, 0.717) is 0 Å². The van der Waals surface area contributed by atoms with Crippen LogP contribution in [0.3, 0.4) is 0 Å². The number of rotatable bonds is 5. The van der Waals surface area contributed by atoms with Crippen molar-refractivity contribution in [2.45, 2.75) is 26.4 Å². The molecular weight excluding hydrogens is 422 g/mol. The van der Waals surface area contributed by atoms with Crippen LogP contribution in [-0.2, 0) is 0 Å². The van der Waals surface area contributed by atoms with Gasteiger partial charge in [0.05, 0.1) is 0 Å². The second-order valence-electron chi connectivity index (χ2n) is 9.49. The van der Waals surface area contributed by atoms with E-state index in [1.807, 2.05) is 25.1 Å². The monoisotopic (exact) mass is 453 g/mol. The van der Waals surface area contributed by atoms with Crippen molar-refractivity contribution >= 4 is 17.2 Å². The van der Waals surface area contributed by atoms with Gasteiger partial charge in [-0.3, -0.25) is 4.90 Å². The van der Waals surface area contributed by atoms with Crippen molar-refractivity contribution in [3.63, 3.8) is 0 Å². The molecule has 1 fully saturated rings. The standard InChI is InChI=1S/C30H31NO3/c1-20-14-16-31(19-20)15-4-5-22-8-10-23(11-9-22)30-29(24-6-3-7-25(32)17-24)21(2)27-18-26(33)12-13-28(27)34-30/h3-13,17-18,20,30,32-33H,14-16,19H2,1-2H3/t20-,30?/m1/s1. The second-order valence-corrected chi connectivity index (χ2v) is 9.49. The minimum Gasteiger partial charge on any atom is -0.508 e. The lowest BCUT2D eigenvalue weighted by molar-refractivity contribution is 0.259. The molecule has 0 radical (unpaired) electrons. The summed E-state index contributed by atoms with van der Waals surface area (Å²) in [5.74, 6) is 1.96. The highest BCUT2D eigenvalue weighted by molar-refractivity contribution is 5.95. The molecule has 0 amide bonds. The number of hydrogen-bond donors (Lipinski definition) is 2. The Balaban J connectivity index is 1.44. The van der Waals surface area contributed by atoms with Crippen LogP contribution in [-0.4, -0.2) is 34.7 Å². The van der Waals surface area contributed by atoms with Crippen LogP contribution in [0.1, 0.15) is 48.6 Å². The fourth-order valence-corrected chi connectivity index (χ4v) is 5.03. The second kappa shape index (κ2) is 9.40. The smallest absolute Gasteiger partial charge is 0.150 e. The molecule has 0 bridgehead atoms. The quantitative estimate of drug-likeness (QED) is 0.462. The third-order valence-electron chi connectivity index (χ3n) is 6.86. The van der Waals surface area contributed by atoms with Crippen molar-refractivity contribution in [1.29, 1.82) is 0 Å². The topological polar surface area (TPSA) is 52.9 Å². The number of fused-ring (bicyclic) bond motifs is 1. The predicted molar refractivity (Wildman–Crippen MR) is 138 cm³/mol. The number of allylic oxidation sites excluding steroid dienone is 1. The van der Waals surface area contributed by atoms with Crippen molar-refractivity contribution in [2.24, 2.45) is 5.92 Å². The third kappa shape index (κ3) is 4.59. The Morgan fingerprint density at radius 2 is 1.79 bits per heavy atom. The van der Waals surface area contributed by atoms with Gasteiger partial charge in [-0.1, -0.05) is 55.5 Å². The number of ether oxygens (including phenoxy) is 1. The summed E-state index contributed by atoms with van der Waals surface area (Å²) in [7, 11) is 0. The maximum Gasteiger partial charge on any atom is 0.150 e. The summed E-state index contributed by atoms with van der Waals surface area (Å²) in [5, 5.41) is 20.2. The lowest BCUT2D eigenvalue weighted by Gasteiger charge is -2.31. The Morgan fingerprint density at radius 1 is 1.00 bits per heavy atom. The van der Waals surface area contributed by atoms with Crippen LogP contribution >= 0.6 is 0 Å². The molecule has 2 N–H and O–H groups in total. The van der Waals surface area contributed by atoms with E-state index < -0.39 is 0 Å². The number of likely N-dealkylation sites (tertiary alicyclic amines) is 1. The van der Waals surface area contributed by atoms with Gasteiger partial charge in [0.2, 0.25) is 0 Å². The summed E-state index contributed by atoms with van der Waals surface area (Å²) in [5.41, 5.74) is 5.99. The van der Waals surface area contributed by atoms with Crippen molar-refractivity contribution in [1.82, 2.24) is 4.90 Å². The molecule has 2 aliphatic rings. The fourth-order valence-electron chi connectivity index (χ4n) is 5.03. The zero-order chi connectivity index (χ0) is 23.7. The number of aromatic hydroxyl groups is 2. The molecule has 3 aromatic carbocycles. The summed E-state index contributed by atoms with van der Waals surface area (Å²) in [6, 6.07) is 20.9. The van der Waals surface area contributed by atoms with Gasteiger partial charge in [-0.15, -0.1) is 0 Å². The van der Waals surface area contributed by atoms with E-state index in [1.165, 1.54) is 19.5 Å². The first-order valence-electron chi connectivity index (χ1n) is 12.0. The lowest BCUT2D eigenvalue weighted by Crippen LogP contribution is -2.19. The molecule has 4 nitrogen and oxygen atoms in total. The van der Waals surface area contributed by atoms with Gasteiger partial charge in [-0.2, -0.15) is 0 Å². The average Bonchev–Trinajstić information content (AvgIpc) is 3.25. The molecule has 2 heterocycles. The van der Waals surface area contributed by atoms with Crippen molar-refractivity contribution in [2.75, 3.05) is 19.6 Å². The Labute approximate surface area is 201 Å². The van der Waals surface area contributed by atoms with Gasteiger partial charge < -0.3 is 14.9 Å². The molecule has 0 saturated carbocycles. The first kappa shape index (κ1) is 22.3. The van der Waals surface area contributed by atoms with Crippen LogP contribution in [0.15, 0.2) is 72.8 Å².